The van der Waals surface area contributed by atoms with Crippen molar-refractivity contribution >= 4 is 11.8 Å². The van der Waals surface area contributed by atoms with Crippen molar-refractivity contribution in [2.24, 2.45) is 0 Å². The number of esters is 1. The number of allylic oxidation sites excluding steroid dienone is 2. The van der Waals surface area contributed by atoms with Gasteiger partial charge in [0, 0.05) is 12.8 Å². The summed E-state index contributed by atoms with van der Waals surface area (Å²) in [6.45, 7) is 4.39. The van der Waals surface area contributed by atoms with E-state index in [0.717, 1.165) is 18.4 Å². The maximum Gasteiger partial charge on any atom is 0.334 e. The molecule has 4 nitrogen and oxygen atoms in total. The molecule has 4 heteroatoms. The van der Waals surface area contributed by atoms with E-state index < -0.39 is 5.97 Å². The third kappa shape index (κ3) is 4.73. The van der Waals surface area contributed by atoms with Gasteiger partial charge in [-0.05, 0) is 32.3 Å². The highest BCUT2D eigenvalue weighted by Crippen LogP contribution is 2.21. The highest BCUT2D eigenvalue weighted by Gasteiger charge is 2.16. The van der Waals surface area contributed by atoms with Crippen molar-refractivity contribution in [2.45, 2.75) is 39.5 Å². The van der Waals surface area contributed by atoms with Crippen LogP contribution in [0.3, 0.4) is 0 Å². The zero-order valence-corrected chi connectivity index (χ0v) is 11.0. The molecule has 1 rings (SSSR count). The molecule has 0 aliphatic heterocycles. The van der Waals surface area contributed by atoms with Gasteiger partial charge in [-0.15, -0.1) is 0 Å². The number of carbonyl (C=O) groups excluding carboxylic acids is 2. The monoisotopic (exact) mass is 252 g/mol. The van der Waals surface area contributed by atoms with Crippen LogP contribution in [-0.4, -0.2) is 25.0 Å². The zero-order valence-electron chi connectivity index (χ0n) is 11.0. The highest BCUT2D eigenvalue weighted by atomic mass is 16.5. The lowest BCUT2D eigenvalue weighted by molar-refractivity contribution is -0.137. The lowest BCUT2D eigenvalue weighted by atomic mass is 9.95. The van der Waals surface area contributed by atoms with Crippen LogP contribution < -0.4 is 0 Å². The number of ketones is 1. The fourth-order valence-electron chi connectivity index (χ4n) is 1.82. The smallest absolute Gasteiger partial charge is 0.334 e. The van der Waals surface area contributed by atoms with Crippen LogP contribution in [0.15, 0.2) is 23.5 Å². The number of Topliss-reactive ketones (excluding diaryl/α,β-unsaturated/α-hetero) is 1. The van der Waals surface area contributed by atoms with Gasteiger partial charge in [-0.25, -0.2) is 4.79 Å². The van der Waals surface area contributed by atoms with E-state index in [4.69, 9.17) is 9.47 Å². The van der Waals surface area contributed by atoms with Gasteiger partial charge in [0.05, 0.1) is 19.3 Å². The van der Waals surface area contributed by atoms with Crippen LogP contribution in [0.1, 0.15) is 39.5 Å². The van der Waals surface area contributed by atoms with Gasteiger partial charge in [-0.2, -0.15) is 0 Å². The van der Waals surface area contributed by atoms with E-state index in [1.54, 1.807) is 6.92 Å². The Morgan fingerprint density at radius 2 is 2.06 bits per heavy atom. The number of rotatable bonds is 6. The van der Waals surface area contributed by atoms with Crippen LogP contribution in [-0.2, 0) is 19.1 Å². The minimum absolute atomic E-state index is 0.149. The predicted molar refractivity (Wildman–Crippen MR) is 67.9 cm³/mol. The Bertz CT molecular complexity index is 366. The molecule has 0 radical (unpaired) electrons. The second-order valence-corrected chi connectivity index (χ2v) is 4.02. The summed E-state index contributed by atoms with van der Waals surface area (Å²) in [5.74, 6) is 0.220. The number of hydrogen-bond donors (Lipinski definition) is 0. The average molecular weight is 252 g/mol. The topological polar surface area (TPSA) is 52.6 Å². The van der Waals surface area contributed by atoms with Crippen LogP contribution in [0, 0.1) is 0 Å². The summed E-state index contributed by atoms with van der Waals surface area (Å²) < 4.78 is 10.2. The molecular formula is C14H20O4. The van der Waals surface area contributed by atoms with Crippen molar-refractivity contribution in [3.8, 4) is 0 Å². The number of carbonyl (C=O) groups is 2. The molecule has 0 spiro atoms. The van der Waals surface area contributed by atoms with Gasteiger partial charge in [-0.1, -0.05) is 6.08 Å². The molecule has 0 atom stereocenters. The van der Waals surface area contributed by atoms with Gasteiger partial charge >= 0.3 is 5.97 Å². The molecule has 1 aliphatic carbocycles. The van der Waals surface area contributed by atoms with Crippen molar-refractivity contribution in [3.63, 3.8) is 0 Å². The van der Waals surface area contributed by atoms with Gasteiger partial charge in [0.1, 0.15) is 5.76 Å². The number of ether oxygens (including phenoxy) is 2. The predicted octanol–water partition coefficient (Wildman–Crippen LogP) is 2.54. The van der Waals surface area contributed by atoms with E-state index >= 15 is 0 Å². The summed E-state index contributed by atoms with van der Waals surface area (Å²) in [4.78, 5) is 23.0. The molecule has 0 aromatic carbocycles. The summed E-state index contributed by atoms with van der Waals surface area (Å²) >= 11 is 0. The third-order valence-electron chi connectivity index (χ3n) is 2.62. The maximum atomic E-state index is 11.7. The van der Waals surface area contributed by atoms with Gasteiger partial charge in [-0.3, -0.25) is 4.79 Å². The summed E-state index contributed by atoms with van der Waals surface area (Å²) in [5, 5.41) is 0. The molecule has 0 unspecified atom stereocenters. The minimum atomic E-state index is -0.426. The van der Waals surface area contributed by atoms with Crippen LogP contribution in [0.5, 0.6) is 0 Å². The molecule has 100 valence electrons. The van der Waals surface area contributed by atoms with E-state index in [-0.39, 0.29) is 5.78 Å². The summed E-state index contributed by atoms with van der Waals surface area (Å²) in [6.07, 6.45) is 6.06. The zero-order chi connectivity index (χ0) is 13.4. The molecule has 0 fully saturated rings. The molecule has 0 saturated heterocycles. The van der Waals surface area contributed by atoms with E-state index in [1.165, 1.54) is 6.08 Å². The molecule has 0 amide bonds. The molecule has 0 saturated carbocycles. The quantitative estimate of drug-likeness (QED) is 0.414. The van der Waals surface area contributed by atoms with Gasteiger partial charge in [0.25, 0.3) is 0 Å². The van der Waals surface area contributed by atoms with Crippen molar-refractivity contribution in [3.05, 3.63) is 23.5 Å². The summed E-state index contributed by atoms with van der Waals surface area (Å²) in [5.41, 5.74) is 0.741. The Kier molecular flexibility index (Phi) is 6.19. The summed E-state index contributed by atoms with van der Waals surface area (Å²) in [7, 11) is 0. The molecule has 0 heterocycles. The van der Waals surface area contributed by atoms with Crippen molar-refractivity contribution in [1.29, 1.82) is 0 Å². The Labute approximate surface area is 108 Å². The van der Waals surface area contributed by atoms with Crippen LogP contribution in [0.25, 0.3) is 0 Å². The van der Waals surface area contributed by atoms with Gasteiger partial charge < -0.3 is 9.47 Å². The lowest BCUT2D eigenvalue weighted by Gasteiger charge is -2.14. The highest BCUT2D eigenvalue weighted by molar-refractivity contribution is 5.96. The molecule has 0 aromatic heterocycles. The van der Waals surface area contributed by atoms with Crippen LogP contribution in [0.2, 0.25) is 0 Å². The molecule has 0 N–H and O–H groups in total. The fraction of sp³-hybridized carbons (Fsp3) is 0.571. The second kappa shape index (κ2) is 7.69. The molecule has 1 aliphatic rings. The average Bonchev–Trinajstić information content (AvgIpc) is 2.32. The van der Waals surface area contributed by atoms with E-state index in [2.05, 4.69) is 0 Å². The SMILES string of the molecule is CCOC(=O)/C=C(\CC1=CCCCC1=O)OCC. The lowest BCUT2D eigenvalue weighted by Crippen LogP contribution is -2.10. The normalized spacial score (nSPS) is 16.2. The second-order valence-electron chi connectivity index (χ2n) is 4.02. The molecule has 18 heavy (non-hydrogen) atoms. The van der Waals surface area contributed by atoms with E-state index in [9.17, 15) is 9.59 Å². The van der Waals surface area contributed by atoms with Gasteiger partial charge in [0.2, 0.25) is 0 Å². The van der Waals surface area contributed by atoms with Crippen molar-refractivity contribution in [1.82, 2.24) is 0 Å². The molecule has 0 aromatic rings. The Morgan fingerprint density at radius 1 is 1.33 bits per heavy atom. The van der Waals surface area contributed by atoms with Crippen molar-refractivity contribution in [2.75, 3.05) is 13.2 Å². The number of hydrogen-bond acceptors (Lipinski definition) is 4. The van der Waals surface area contributed by atoms with Crippen molar-refractivity contribution < 1.29 is 19.1 Å². The standard InChI is InChI=1S/C14H20O4/c1-3-17-12(10-14(16)18-4-2)9-11-7-5-6-8-13(11)15/h7,10H,3-6,8-9H2,1-2H3/b12-10+. The van der Waals surface area contributed by atoms with E-state index in [1.807, 2.05) is 13.0 Å². The van der Waals surface area contributed by atoms with Crippen LogP contribution >= 0.6 is 0 Å². The Morgan fingerprint density at radius 3 is 2.67 bits per heavy atom. The first kappa shape index (κ1) is 14.5. The summed E-state index contributed by atoms with van der Waals surface area (Å²) in [6, 6.07) is 0. The maximum absolute atomic E-state index is 11.7. The Hall–Kier alpha value is -1.58. The van der Waals surface area contributed by atoms with Gasteiger partial charge in [0.15, 0.2) is 5.78 Å². The van der Waals surface area contributed by atoms with Crippen LogP contribution in [0.4, 0.5) is 0 Å². The Balaban J connectivity index is 2.70. The third-order valence-corrected chi connectivity index (χ3v) is 2.62. The first-order valence-corrected chi connectivity index (χ1v) is 6.39. The van der Waals surface area contributed by atoms with E-state index in [0.29, 0.717) is 31.8 Å². The first-order valence-electron chi connectivity index (χ1n) is 6.39. The molecule has 0 bridgehead atoms. The molecular weight excluding hydrogens is 232 g/mol. The largest absolute Gasteiger partial charge is 0.498 e. The fourth-order valence-corrected chi connectivity index (χ4v) is 1.82. The first-order chi connectivity index (χ1) is 8.67. The minimum Gasteiger partial charge on any atom is -0.498 e.